The summed E-state index contributed by atoms with van der Waals surface area (Å²) in [6, 6.07) is 10.2. The van der Waals surface area contributed by atoms with Gasteiger partial charge in [0.15, 0.2) is 0 Å². The Balaban J connectivity index is 1.82. The molecule has 0 amide bonds. The van der Waals surface area contributed by atoms with E-state index in [-0.39, 0.29) is 0 Å². The molecule has 0 atom stereocenters. The van der Waals surface area contributed by atoms with Gasteiger partial charge in [-0.3, -0.25) is 4.98 Å². The lowest BCUT2D eigenvalue weighted by Crippen LogP contribution is -2.15. The minimum Gasteiger partial charge on any atom is -0.388 e. The predicted molar refractivity (Wildman–Crippen MR) is 94.7 cm³/mol. The number of allylic oxidation sites excluding steroid dienone is 1. The molecule has 1 aromatic carbocycles. The normalized spacial score (nSPS) is 10.3. The number of aromatic nitrogens is 1. The van der Waals surface area contributed by atoms with E-state index in [0.717, 1.165) is 47.4 Å². The van der Waals surface area contributed by atoms with Gasteiger partial charge in [0.1, 0.15) is 0 Å². The molecule has 3 nitrogen and oxygen atoms in total. The van der Waals surface area contributed by atoms with E-state index in [1.165, 1.54) is 0 Å². The molecule has 0 unspecified atom stereocenters. The van der Waals surface area contributed by atoms with Crippen LogP contribution in [-0.4, -0.2) is 17.3 Å². The Kier molecular flexibility index (Phi) is 5.69. The van der Waals surface area contributed by atoms with Crippen molar-refractivity contribution in [1.29, 1.82) is 0 Å². The van der Waals surface area contributed by atoms with Gasteiger partial charge in [0.05, 0.1) is 17.4 Å². The number of para-hydroxylation sites is 1. The lowest BCUT2D eigenvalue weighted by Gasteiger charge is -2.11. The largest absolute Gasteiger partial charge is 0.388 e. The second kappa shape index (κ2) is 7.74. The van der Waals surface area contributed by atoms with Gasteiger partial charge in [-0.2, -0.15) is 12.6 Å². The molecule has 1 heterocycles. The topological polar surface area (TPSA) is 37.0 Å². The number of nitrogens with one attached hydrogen (secondary N) is 2. The van der Waals surface area contributed by atoms with Crippen LogP contribution in [0.3, 0.4) is 0 Å². The van der Waals surface area contributed by atoms with Crippen LogP contribution in [0.2, 0.25) is 0 Å². The van der Waals surface area contributed by atoms with Crippen molar-refractivity contribution in [2.75, 3.05) is 17.6 Å². The molecule has 2 rings (SSSR count). The number of hydrogen-bond donors (Lipinski definition) is 3. The van der Waals surface area contributed by atoms with Crippen molar-refractivity contribution >= 4 is 29.2 Å². The maximum Gasteiger partial charge on any atom is 0.0703 e. The molecule has 0 saturated heterocycles. The number of anilines is 1. The van der Waals surface area contributed by atoms with Gasteiger partial charge in [0, 0.05) is 29.1 Å². The molecule has 0 fully saturated rings. The number of nitrogens with zero attached hydrogens (tertiary/aromatic N) is 1. The zero-order valence-corrected chi connectivity index (χ0v) is 13.0. The fourth-order valence-electron chi connectivity index (χ4n) is 2.03. The summed E-state index contributed by atoms with van der Waals surface area (Å²) in [6.45, 7) is 8.80. The Morgan fingerprint density at radius 3 is 2.81 bits per heavy atom. The molecule has 110 valence electrons. The Bertz CT molecular complexity index is 637. The number of thiol groups is 1. The summed E-state index contributed by atoms with van der Waals surface area (Å²) in [7, 11) is 0. The highest BCUT2D eigenvalue weighted by Crippen LogP contribution is 2.18. The molecule has 0 aliphatic carbocycles. The van der Waals surface area contributed by atoms with Gasteiger partial charge in [-0.15, -0.1) is 0 Å². The van der Waals surface area contributed by atoms with Gasteiger partial charge in [0.25, 0.3) is 0 Å². The lowest BCUT2D eigenvalue weighted by molar-refractivity contribution is 0.726. The van der Waals surface area contributed by atoms with Crippen LogP contribution in [0, 0.1) is 0 Å². The van der Waals surface area contributed by atoms with Crippen molar-refractivity contribution in [2.24, 2.45) is 0 Å². The van der Waals surface area contributed by atoms with E-state index < -0.39 is 0 Å². The van der Waals surface area contributed by atoms with Crippen molar-refractivity contribution in [3.8, 4) is 0 Å². The first kappa shape index (κ1) is 15.4. The summed E-state index contributed by atoms with van der Waals surface area (Å²) in [6.07, 6.45) is 3.74. The molecule has 21 heavy (non-hydrogen) atoms. The number of hydrogen-bond acceptors (Lipinski definition) is 4. The molecular formula is C17H21N3S. The van der Waals surface area contributed by atoms with Gasteiger partial charge in [-0.05, 0) is 25.0 Å². The maximum atomic E-state index is 4.43. The monoisotopic (exact) mass is 299 g/mol. The SMILES string of the molecule is C=C(CS)NCCCC(=C)Nc1cnc2ccccc2c1. The average Bonchev–Trinajstić information content (AvgIpc) is 2.51. The maximum absolute atomic E-state index is 4.43. The first-order valence-corrected chi connectivity index (χ1v) is 7.64. The van der Waals surface area contributed by atoms with E-state index in [1.807, 2.05) is 24.4 Å². The fourth-order valence-corrected chi connectivity index (χ4v) is 2.14. The molecule has 2 N–H and O–H groups in total. The van der Waals surface area contributed by atoms with Crippen molar-refractivity contribution in [3.63, 3.8) is 0 Å². The van der Waals surface area contributed by atoms with Gasteiger partial charge in [-0.1, -0.05) is 31.4 Å². The number of rotatable bonds is 8. The average molecular weight is 299 g/mol. The Morgan fingerprint density at radius 2 is 2.00 bits per heavy atom. The summed E-state index contributed by atoms with van der Waals surface area (Å²) >= 11 is 4.15. The molecule has 0 radical (unpaired) electrons. The first-order chi connectivity index (χ1) is 10.2. The number of pyridine rings is 1. The highest BCUT2D eigenvalue weighted by Gasteiger charge is 1.99. The highest BCUT2D eigenvalue weighted by atomic mass is 32.1. The van der Waals surface area contributed by atoms with Crippen molar-refractivity contribution in [1.82, 2.24) is 10.3 Å². The zero-order chi connectivity index (χ0) is 15.1. The van der Waals surface area contributed by atoms with Gasteiger partial charge in [0.2, 0.25) is 0 Å². The molecule has 0 aliphatic heterocycles. The van der Waals surface area contributed by atoms with Crippen LogP contribution in [0.25, 0.3) is 10.9 Å². The Hall–Kier alpha value is -1.94. The van der Waals surface area contributed by atoms with Crippen molar-refractivity contribution in [3.05, 3.63) is 61.1 Å². The quantitative estimate of drug-likeness (QED) is 0.510. The second-order valence-corrected chi connectivity index (χ2v) is 5.25. The summed E-state index contributed by atoms with van der Waals surface area (Å²) in [5.74, 6) is 0.669. The molecule has 0 aliphatic rings. The molecule has 0 spiro atoms. The van der Waals surface area contributed by atoms with E-state index in [2.05, 4.69) is 53.5 Å². The smallest absolute Gasteiger partial charge is 0.0703 e. The molecule has 0 saturated carbocycles. The van der Waals surface area contributed by atoms with Crippen LogP contribution in [-0.2, 0) is 0 Å². The molecule has 2 aromatic rings. The number of benzene rings is 1. The third kappa shape index (κ3) is 4.83. The van der Waals surface area contributed by atoms with Crippen LogP contribution < -0.4 is 10.6 Å². The third-order valence-electron chi connectivity index (χ3n) is 3.13. The van der Waals surface area contributed by atoms with E-state index in [4.69, 9.17) is 0 Å². The van der Waals surface area contributed by atoms with Crippen molar-refractivity contribution in [2.45, 2.75) is 12.8 Å². The summed E-state index contributed by atoms with van der Waals surface area (Å²) in [5, 5.41) is 7.66. The van der Waals surface area contributed by atoms with E-state index in [1.54, 1.807) is 0 Å². The summed E-state index contributed by atoms with van der Waals surface area (Å²) in [4.78, 5) is 4.43. The predicted octanol–water partition coefficient (Wildman–Crippen LogP) is 3.97. The van der Waals surface area contributed by atoms with Gasteiger partial charge in [-0.25, -0.2) is 0 Å². The highest BCUT2D eigenvalue weighted by molar-refractivity contribution is 7.80. The number of fused-ring (bicyclic) bond motifs is 1. The summed E-state index contributed by atoms with van der Waals surface area (Å²) in [5.41, 5.74) is 3.93. The molecule has 1 aromatic heterocycles. The fraction of sp³-hybridized carbons (Fsp3) is 0.235. The Morgan fingerprint density at radius 1 is 1.19 bits per heavy atom. The van der Waals surface area contributed by atoms with Crippen LogP contribution in [0.15, 0.2) is 61.1 Å². The molecule has 0 bridgehead atoms. The van der Waals surface area contributed by atoms with E-state index in [0.29, 0.717) is 5.75 Å². The van der Waals surface area contributed by atoms with E-state index in [9.17, 15) is 0 Å². The van der Waals surface area contributed by atoms with Crippen LogP contribution >= 0.6 is 12.6 Å². The van der Waals surface area contributed by atoms with Gasteiger partial charge >= 0.3 is 0 Å². The molecule has 4 heteroatoms. The summed E-state index contributed by atoms with van der Waals surface area (Å²) < 4.78 is 0. The first-order valence-electron chi connectivity index (χ1n) is 7.01. The lowest BCUT2D eigenvalue weighted by atomic mass is 10.2. The van der Waals surface area contributed by atoms with Crippen LogP contribution in [0.5, 0.6) is 0 Å². The molecular weight excluding hydrogens is 278 g/mol. The zero-order valence-electron chi connectivity index (χ0n) is 12.1. The van der Waals surface area contributed by atoms with Gasteiger partial charge < -0.3 is 10.6 Å². The second-order valence-electron chi connectivity index (χ2n) is 4.94. The Labute approximate surface area is 131 Å². The standard InChI is InChI=1S/C17H21N3S/c1-13(6-5-9-18-14(2)12-21)20-16-10-15-7-3-4-8-17(15)19-11-16/h3-4,7-8,10-11,18,20-21H,1-2,5-6,9,12H2. The third-order valence-corrected chi connectivity index (χ3v) is 3.51. The minimum absolute atomic E-state index is 0.669. The van der Waals surface area contributed by atoms with E-state index >= 15 is 0 Å². The van der Waals surface area contributed by atoms with Crippen LogP contribution in [0.4, 0.5) is 5.69 Å². The van der Waals surface area contributed by atoms with Crippen molar-refractivity contribution < 1.29 is 0 Å². The van der Waals surface area contributed by atoms with Crippen LogP contribution in [0.1, 0.15) is 12.8 Å². The minimum atomic E-state index is 0.669.